The summed E-state index contributed by atoms with van der Waals surface area (Å²) in [4.78, 5) is 2.53. The average molecular weight is 295 g/mol. The van der Waals surface area contributed by atoms with E-state index in [0.29, 0.717) is 17.7 Å². The summed E-state index contributed by atoms with van der Waals surface area (Å²) in [5, 5.41) is 14.4. The first-order valence-corrected chi connectivity index (χ1v) is 8.06. The molecule has 2 fully saturated rings. The maximum Gasteiger partial charge on any atom is 0.120 e. The van der Waals surface area contributed by atoms with Gasteiger partial charge in [-0.15, -0.1) is 0 Å². The van der Waals surface area contributed by atoms with E-state index in [0.717, 1.165) is 36.8 Å². The molecule has 1 saturated heterocycles. The zero-order valence-electron chi connectivity index (χ0n) is 11.8. The number of rotatable bonds is 3. The van der Waals surface area contributed by atoms with Crippen molar-refractivity contribution in [3.05, 3.63) is 28.8 Å². The molecule has 1 heterocycles. The van der Waals surface area contributed by atoms with Crippen molar-refractivity contribution in [1.82, 2.24) is 10.2 Å². The Hall–Kier alpha value is -0.770. The Bertz CT molecular complexity index is 454. The minimum Gasteiger partial charge on any atom is -0.508 e. The zero-order chi connectivity index (χ0) is 13.9. The number of aromatic hydroxyl groups is 1. The van der Waals surface area contributed by atoms with E-state index >= 15 is 0 Å². The Morgan fingerprint density at radius 1 is 1.20 bits per heavy atom. The molecule has 20 heavy (non-hydrogen) atoms. The number of piperazine rings is 1. The quantitative estimate of drug-likeness (QED) is 0.899. The van der Waals surface area contributed by atoms with Gasteiger partial charge in [0, 0.05) is 42.8 Å². The molecule has 110 valence electrons. The van der Waals surface area contributed by atoms with Crippen molar-refractivity contribution in [3.63, 3.8) is 0 Å². The third-order valence-electron chi connectivity index (χ3n) is 4.70. The van der Waals surface area contributed by atoms with E-state index in [1.54, 1.807) is 12.1 Å². The molecular weight excluding hydrogens is 272 g/mol. The van der Waals surface area contributed by atoms with Crippen molar-refractivity contribution in [1.29, 1.82) is 0 Å². The first-order chi connectivity index (χ1) is 9.75. The zero-order valence-corrected chi connectivity index (χ0v) is 12.6. The highest BCUT2D eigenvalue weighted by Gasteiger charge is 2.33. The molecule has 2 aliphatic rings. The fourth-order valence-corrected chi connectivity index (χ4v) is 3.93. The Balaban J connectivity index is 1.92. The molecule has 0 aromatic heterocycles. The second-order valence-corrected chi connectivity index (χ2v) is 6.41. The average Bonchev–Trinajstić information content (AvgIpc) is 2.98. The molecule has 0 amide bonds. The fourth-order valence-electron chi connectivity index (χ4n) is 3.74. The van der Waals surface area contributed by atoms with E-state index in [2.05, 4.69) is 10.2 Å². The van der Waals surface area contributed by atoms with E-state index < -0.39 is 0 Å². The molecule has 0 spiro atoms. The maximum absolute atomic E-state index is 10.3. The van der Waals surface area contributed by atoms with Crippen molar-refractivity contribution < 1.29 is 5.11 Å². The molecule has 1 aromatic carbocycles. The summed E-state index contributed by atoms with van der Waals surface area (Å²) in [7, 11) is 0. The summed E-state index contributed by atoms with van der Waals surface area (Å²) in [6.07, 6.45) is 5.16. The summed E-state index contributed by atoms with van der Waals surface area (Å²) in [6.45, 7) is 4.16. The number of nitrogens with zero attached hydrogens (tertiary/aromatic N) is 1. The number of nitrogens with one attached hydrogen (secondary N) is 1. The molecule has 4 heteroatoms. The van der Waals surface area contributed by atoms with E-state index in [-0.39, 0.29) is 0 Å². The highest BCUT2D eigenvalue weighted by atomic mass is 35.5. The van der Waals surface area contributed by atoms with Crippen LogP contribution in [0.5, 0.6) is 5.75 Å². The molecule has 1 saturated carbocycles. The molecule has 1 atom stereocenters. The summed E-state index contributed by atoms with van der Waals surface area (Å²) >= 11 is 6.16. The van der Waals surface area contributed by atoms with Gasteiger partial charge in [-0.2, -0.15) is 0 Å². The lowest BCUT2D eigenvalue weighted by Crippen LogP contribution is -2.46. The van der Waals surface area contributed by atoms with Gasteiger partial charge in [-0.25, -0.2) is 0 Å². The lowest BCUT2D eigenvalue weighted by Gasteiger charge is -2.39. The van der Waals surface area contributed by atoms with Crippen LogP contribution in [-0.4, -0.2) is 36.2 Å². The van der Waals surface area contributed by atoms with Gasteiger partial charge in [-0.05, 0) is 37.0 Å². The van der Waals surface area contributed by atoms with Crippen molar-refractivity contribution >= 4 is 11.6 Å². The van der Waals surface area contributed by atoms with Crippen LogP contribution in [0.2, 0.25) is 5.02 Å². The Morgan fingerprint density at radius 2 is 1.90 bits per heavy atom. The van der Waals surface area contributed by atoms with Gasteiger partial charge in [0.2, 0.25) is 0 Å². The molecule has 0 bridgehead atoms. The third kappa shape index (κ3) is 2.95. The van der Waals surface area contributed by atoms with Crippen LogP contribution in [0.1, 0.15) is 37.3 Å². The third-order valence-corrected chi connectivity index (χ3v) is 4.93. The van der Waals surface area contributed by atoms with Gasteiger partial charge in [-0.3, -0.25) is 4.90 Å². The molecule has 0 radical (unpaired) electrons. The SMILES string of the molecule is Oc1ccc(Cl)cc1[C@@H](C1CCCC1)N1CCNCC1. The first-order valence-electron chi connectivity index (χ1n) is 7.69. The van der Waals surface area contributed by atoms with Crippen molar-refractivity contribution in [2.75, 3.05) is 26.2 Å². The van der Waals surface area contributed by atoms with E-state index in [4.69, 9.17) is 11.6 Å². The summed E-state index contributed by atoms with van der Waals surface area (Å²) in [5.74, 6) is 1.04. The monoisotopic (exact) mass is 294 g/mol. The van der Waals surface area contributed by atoms with Crippen LogP contribution < -0.4 is 5.32 Å². The molecule has 2 N–H and O–H groups in total. The largest absolute Gasteiger partial charge is 0.508 e. The smallest absolute Gasteiger partial charge is 0.120 e. The second kappa shape index (κ2) is 6.33. The minimum atomic E-state index is 0.318. The van der Waals surface area contributed by atoms with E-state index in [1.807, 2.05) is 6.07 Å². The topological polar surface area (TPSA) is 35.5 Å². The van der Waals surface area contributed by atoms with Crippen molar-refractivity contribution in [2.24, 2.45) is 5.92 Å². The van der Waals surface area contributed by atoms with Crippen LogP contribution in [0.3, 0.4) is 0 Å². The van der Waals surface area contributed by atoms with Gasteiger partial charge in [0.25, 0.3) is 0 Å². The second-order valence-electron chi connectivity index (χ2n) is 5.98. The Labute approximate surface area is 125 Å². The predicted octanol–water partition coefficient (Wildman–Crippen LogP) is 3.18. The Kier molecular flexibility index (Phi) is 4.49. The molecule has 0 unspecified atom stereocenters. The summed E-state index contributed by atoms with van der Waals surface area (Å²) < 4.78 is 0. The number of halogens is 1. The molecular formula is C16H23ClN2O. The molecule has 1 aliphatic heterocycles. The molecule has 1 aliphatic carbocycles. The van der Waals surface area contributed by atoms with Crippen LogP contribution in [0.25, 0.3) is 0 Å². The molecule has 3 rings (SSSR count). The normalized spacial score (nSPS) is 23.1. The summed E-state index contributed by atoms with van der Waals surface area (Å²) in [6, 6.07) is 5.78. The van der Waals surface area contributed by atoms with E-state index in [1.165, 1.54) is 25.7 Å². The van der Waals surface area contributed by atoms with E-state index in [9.17, 15) is 5.11 Å². The van der Waals surface area contributed by atoms with Gasteiger partial charge in [-0.1, -0.05) is 24.4 Å². The highest BCUT2D eigenvalue weighted by Crippen LogP contribution is 2.43. The van der Waals surface area contributed by atoms with Crippen LogP contribution in [0, 0.1) is 5.92 Å². The van der Waals surface area contributed by atoms with Gasteiger partial charge in [0.15, 0.2) is 0 Å². The first kappa shape index (κ1) is 14.2. The Morgan fingerprint density at radius 3 is 2.60 bits per heavy atom. The van der Waals surface area contributed by atoms with Crippen LogP contribution in [0.4, 0.5) is 0 Å². The molecule has 3 nitrogen and oxygen atoms in total. The summed E-state index contributed by atoms with van der Waals surface area (Å²) in [5.41, 5.74) is 1.02. The van der Waals surface area contributed by atoms with Gasteiger partial charge < -0.3 is 10.4 Å². The predicted molar refractivity (Wildman–Crippen MR) is 82.3 cm³/mol. The standard InChI is InChI=1S/C16H23ClN2O/c17-13-5-6-15(20)14(11-13)16(12-3-1-2-4-12)19-9-7-18-8-10-19/h5-6,11-12,16,18,20H,1-4,7-10H2/t16-/m1/s1. The van der Waals surface area contributed by atoms with Crippen molar-refractivity contribution in [2.45, 2.75) is 31.7 Å². The maximum atomic E-state index is 10.3. The number of hydrogen-bond acceptors (Lipinski definition) is 3. The number of phenols is 1. The van der Waals surface area contributed by atoms with Gasteiger partial charge in [0.05, 0.1) is 0 Å². The van der Waals surface area contributed by atoms with Gasteiger partial charge in [0.1, 0.15) is 5.75 Å². The lowest BCUT2D eigenvalue weighted by molar-refractivity contribution is 0.123. The van der Waals surface area contributed by atoms with Crippen LogP contribution in [-0.2, 0) is 0 Å². The minimum absolute atomic E-state index is 0.318. The number of benzene rings is 1. The van der Waals surface area contributed by atoms with Crippen molar-refractivity contribution in [3.8, 4) is 5.75 Å². The highest BCUT2D eigenvalue weighted by molar-refractivity contribution is 6.30. The fraction of sp³-hybridized carbons (Fsp3) is 0.625. The number of hydrogen-bond donors (Lipinski definition) is 2. The lowest BCUT2D eigenvalue weighted by atomic mass is 9.89. The van der Waals surface area contributed by atoms with Crippen LogP contribution >= 0.6 is 11.6 Å². The van der Waals surface area contributed by atoms with Crippen LogP contribution in [0.15, 0.2) is 18.2 Å². The number of phenolic OH excluding ortho intramolecular Hbond substituents is 1. The van der Waals surface area contributed by atoms with Gasteiger partial charge >= 0.3 is 0 Å². The molecule has 1 aromatic rings.